The van der Waals surface area contributed by atoms with Crippen molar-refractivity contribution < 1.29 is 9.53 Å². The van der Waals surface area contributed by atoms with Crippen LogP contribution in [0.25, 0.3) is 0 Å². The Morgan fingerprint density at radius 1 is 1.53 bits per heavy atom. The van der Waals surface area contributed by atoms with E-state index in [9.17, 15) is 4.79 Å². The van der Waals surface area contributed by atoms with Crippen molar-refractivity contribution in [2.24, 2.45) is 5.41 Å². The maximum absolute atomic E-state index is 11.7. The topological polar surface area (TPSA) is 41.6 Å². The molecule has 86 valence electrons. The van der Waals surface area contributed by atoms with Crippen LogP contribution in [0.3, 0.4) is 0 Å². The molecule has 0 aromatic carbocycles. The summed E-state index contributed by atoms with van der Waals surface area (Å²) in [4.78, 5) is 13.7. The van der Waals surface area contributed by atoms with E-state index in [1.54, 1.807) is 7.11 Å². The molecule has 2 amide bonds. The summed E-state index contributed by atoms with van der Waals surface area (Å²) in [6.07, 6.45) is 3.91. The summed E-state index contributed by atoms with van der Waals surface area (Å²) < 4.78 is 5.08. The largest absolute Gasteiger partial charge is 0.380 e. The van der Waals surface area contributed by atoms with Crippen LogP contribution in [-0.2, 0) is 4.74 Å². The monoisotopic (exact) mass is 212 g/mol. The Morgan fingerprint density at radius 2 is 2.27 bits per heavy atom. The number of likely N-dealkylation sites (tertiary alicyclic amines) is 1. The van der Waals surface area contributed by atoms with Crippen molar-refractivity contribution >= 4 is 6.03 Å². The Balaban J connectivity index is 1.72. The van der Waals surface area contributed by atoms with E-state index >= 15 is 0 Å². The molecule has 1 heterocycles. The third-order valence-electron chi connectivity index (χ3n) is 3.63. The summed E-state index contributed by atoms with van der Waals surface area (Å²) in [5, 5.41) is 2.90. The van der Waals surface area contributed by atoms with Crippen molar-refractivity contribution in [2.75, 3.05) is 26.7 Å². The number of hydrogen-bond donors (Lipinski definition) is 1. The molecule has 0 unspecified atom stereocenters. The van der Waals surface area contributed by atoms with E-state index < -0.39 is 0 Å². The Bertz CT molecular complexity index is 251. The van der Waals surface area contributed by atoms with E-state index in [-0.39, 0.29) is 12.1 Å². The summed E-state index contributed by atoms with van der Waals surface area (Å²) >= 11 is 0. The van der Waals surface area contributed by atoms with Gasteiger partial charge in [-0.25, -0.2) is 4.79 Å². The number of nitrogens with zero attached hydrogens (tertiary/aromatic N) is 1. The fraction of sp³-hybridized carbons (Fsp3) is 0.909. The third kappa shape index (κ3) is 2.43. The van der Waals surface area contributed by atoms with Gasteiger partial charge >= 0.3 is 6.03 Å². The lowest BCUT2D eigenvalue weighted by molar-refractivity contribution is 0.116. The maximum atomic E-state index is 11.7. The van der Waals surface area contributed by atoms with Gasteiger partial charge in [-0.05, 0) is 31.6 Å². The minimum absolute atomic E-state index is 0.0719. The zero-order valence-corrected chi connectivity index (χ0v) is 9.58. The van der Waals surface area contributed by atoms with Crippen molar-refractivity contribution in [1.82, 2.24) is 10.2 Å². The van der Waals surface area contributed by atoms with Crippen LogP contribution >= 0.6 is 0 Å². The Labute approximate surface area is 91.0 Å². The number of carbonyl (C=O) groups is 1. The highest BCUT2D eigenvalue weighted by Gasteiger charge is 2.48. The number of nitrogens with one attached hydrogen (secondary N) is 1. The zero-order valence-electron chi connectivity index (χ0n) is 9.58. The Kier molecular flexibility index (Phi) is 2.87. The molecule has 2 fully saturated rings. The van der Waals surface area contributed by atoms with E-state index in [0.29, 0.717) is 12.0 Å². The molecular formula is C11H20N2O2. The Hall–Kier alpha value is -0.770. The molecule has 1 atom stereocenters. The zero-order chi connectivity index (χ0) is 10.9. The molecule has 1 aliphatic carbocycles. The molecule has 0 radical (unpaired) electrons. The highest BCUT2D eigenvalue weighted by Crippen LogP contribution is 2.52. The summed E-state index contributed by atoms with van der Waals surface area (Å²) in [5.74, 6) is 0. The molecule has 4 nitrogen and oxygen atoms in total. The molecule has 2 rings (SSSR count). The normalized spacial score (nSPS) is 24.3. The van der Waals surface area contributed by atoms with Crippen molar-refractivity contribution in [3.8, 4) is 0 Å². The van der Waals surface area contributed by atoms with Crippen LogP contribution in [0.4, 0.5) is 4.79 Å². The lowest BCUT2D eigenvalue weighted by Gasteiger charge is -2.18. The number of urea groups is 1. The van der Waals surface area contributed by atoms with Gasteiger partial charge in [0, 0.05) is 26.7 Å². The molecule has 0 bridgehead atoms. The van der Waals surface area contributed by atoms with Crippen molar-refractivity contribution in [1.29, 1.82) is 0 Å². The number of ether oxygens (including phenoxy) is 1. The standard InChI is InChI=1S/C11H20N2O2/c1-9(15-2)7-12-10(14)13-6-5-11(8-13)3-4-11/h9H,3-8H2,1-2H3,(H,12,14)/t9-/m1/s1. The van der Waals surface area contributed by atoms with Crippen LogP contribution in [0.1, 0.15) is 26.2 Å². The van der Waals surface area contributed by atoms with Gasteiger partial charge in [0.1, 0.15) is 0 Å². The number of methoxy groups -OCH3 is 1. The first-order valence-electron chi connectivity index (χ1n) is 5.71. The second-order valence-electron chi connectivity index (χ2n) is 4.90. The number of amides is 2. The van der Waals surface area contributed by atoms with Crippen LogP contribution in [0, 0.1) is 5.41 Å². The van der Waals surface area contributed by atoms with Gasteiger partial charge in [-0.1, -0.05) is 0 Å². The van der Waals surface area contributed by atoms with E-state index in [1.165, 1.54) is 19.3 Å². The fourth-order valence-electron chi connectivity index (χ4n) is 2.12. The lowest BCUT2D eigenvalue weighted by Crippen LogP contribution is -2.41. The van der Waals surface area contributed by atoms with Gasteiger partial charge in [0.15, 0.2) is 0 Å². The third-order valence-corrected chi connectivity index (χ3v) is 3.63. The van der Waals surface area contributed by atoms with Gasteiger partial charge in [0.05, 0.1) is 6.10 Å². The van der Waals surface area contributed by atoms with Crippen LogP contribution < -0.4 is 5.32 Å². The summed E-state index contributed by atoms with van der Waals surface area (Å²) in [6, 6.07) is 0.0719. The summed E-state index contributed by atoms with van der Waals surface area (Å²) in [5.41, 5.74) is 0.518. The first kappa shape index (κ1) is 10.7. The van der Waals surface area contributed by atoms with Crippen molar-refractivity contribution in [2.45, 2.75) is 32.3 Å². The van der Waals surface area contributed by atoms with Gasteiger partial charge in [0.25, 0.3) is 0 Å². The van der Waals surface area contributed by atoms with Gasteiger partial charge in [0.2, 0.25) is 0 Å². The summed E-state index contributed by atoms with van der Waals surface area (Å²) in [6.45, 7) is 4.43. The predicted molar refractivity (Wildman–Crippen MR) is 57.7 cm³/mol. The average molecular weight is 212 g/mol. The minimum atomic E-state index is 0.0719. The number of carbonyl (C=O) groups excluding carboxylic acids is 1. The van der Waals surface area contributed by atoms with Crippen LogP contribution in [0.2, 0.25) is 0 Å². The second-order valence-corrected chi connectivity index (χ2v) is 4.90. The van der Waals surface area contributed by atoms with Gasteiger partial charge in [-0.2, -0.15) is 0 Å². The lowest BCUT2D eigenvalue weighted by atomic mass is 10.1. The van der Waals surface area contributed by atoms with Gasteiger partial charge in [-0.15, -0.1) is 0 Å². The molecule has 1 N–H and O–H groups in total. The number of hydrogen-bond acceptors (Lipinski definition) is 2. The first-order chi connectivity index (χ1) is 7.15. The highest BCUT2D eigenvalue weighted by molar-refractivity contribution is 5.74. The SMILES string of the molecule is CO[C@H](C)CNC(=O)N1CCC2(CC2)C1. The first-order valence-corrected chi connectivity index (χ1v) is 5.71. The highest BCUT2D eigenvalue weighted by atomic mass is 16.5. The van der Waals surface area contributed by atoms with Crippen LogP contribution in [-0.4, -0.2) is 43.8 Å². The molecular weight excluding hydrogens is 192 g/mol. The summed E-state index contributed by atoms with van der Waals surface area (Å²) in [7, 11) is 1.66. The molecule has 0 aromatic heterocycles. The van der Waals surface area contributed by atoms with Crippen molar-refractivity contribution in [3.05, 3.63) is 0 Å². The van der Waals surface area contributed by atoms with E-state index in [4.69, 9.17) is 4.74 Å². The second kappa shape index (κ2) is 4.00. The maximum Gasteiger partial charge on any atom is 0.317 e. The predicted octanol–water partition coefficient (Wildman–Crippen LogP) is 1.22. The Morgan fingerprint density at radius 3 is 2.80 bits per heavy atom. The molecule has 1 spiro atoms. The molecule has 2 aliphatic rings. The van der Waals surface area contributed by atoms with Gasteiger partial charge < -0.3 is 15.0 Å². The molecule has 15 heavy (non-hydrogen) atoms. The number of rotatable bonds is 3. The minimum Gasteiger partial charge on any atom is -0.380 e. The average Bonchev–Trinajstić information content (AvgIpc) is 2.85. The van der Waals surface area contributed by atoms with Gasteiger partial charge in [-0.3, -0.25) is 0 Å². The molecule has 1 aliphatic heterocycles. The van der Waals surface area contributed by atoms with E-state index in [2.05, 4.69) is 5.32 Å². The van der Waals surface area contributed by atoms with Crippen LogP contribution in [0.15, 0.2) is 0 Å². The van der Waals surface area contributed by atoms with E-state index in [0.717, 1.165) is 13.1 Å². The molecule has 0 aromatic rings. The molecule has 1 saturated carbocycles. The smallest absolute Gasteiger partial charge is 0.317 e. The quantitative estimate of drug-likeness (QED) is 0.764. The molecule has 1 saturated heterocycles. The molecule has 4 heteroatoms. The fourth-order valence-corrected chi connectivity index (χ4v) is 2.12. The van der Waals surface area contributed by atoms with Crippen LogP contribution in [0.5, 0.6) is 0 Å². The van der Waals surface area contributed by atoms with E-state index in [1.807, 2.05) is 11.8 Å². The van der Waals surface area contributed by atoms with Crippen molar-refractivity contribution in [3.63, 3.8) is 0 Å².